The number of aromatic nitrogens is 2. The molecule has 0 fully saturated rings. The predicted molar refractivity (Wildman–Crippen MR) is 111 cm³/mol. The van der Waals surface area contributed by atoms with Crippen molar-refractivity contribution in [1.29, 1.82) is 0 Å². The highest BCUT2D eigenvalue weighted by atomic mass is 79.9. The number of alkyl halides is 2. The monoisotopic (exact) mass is 537 g/mol. The van der Waals surface area contributed by atoms with Crippen molar-refractivity contribution in [2.45, 2.75) is 25.9 Å². The van der Waals surface area contributed by atoms with Crippen LogP contribution < -0.4 is 17.1 Å². The maximum Gasteiger partial charge on any atom is 0.354 e. The lowest BCUT2D eigenvalue weighted by molar-refractivity contribution is -0.163. The fourth-order valence-corrected chi connectivity index (χ4v) is 3.03. The minimum atomic E-state index is -3.24. The van der Waals surface area contributed by atoms with Crippen molar-refractivity contribution in [2.24, 2.45) is 0 Å². The summed E-state index contributed by atoms with van der Waals surface area (Å²) in [7, 11) is 1.40. The summed E-state index contributed by atoms with van der Waals surface area (Å²) < 4.78 is 55.4. The number of nitrogens with two attached hydrogens (primary N) is 1. The molecule has 0 atom stereocenters. The van der Waals surface area contributed by atoms with Gasteiger partial charge in [-0.05, 0) is 41.9 Å². The second-order valence-corrected chi connectivity index (χ2v) is 7.86. The normalized spacial score (nSPS) is 11.5. The molecule has 10 nitrogen and oxygen atoms in total. The highest BCUT2D eigenvalue weighted by molar-refractivity contribution is 9.10. The topological polar surface area (TPSA) is 132 Å². The van der Waals surface area contributed by atoms with E-state index >= 15 is 0 Å². The van der Waals surface area contributed by atoms with Crippen LogP contribution in [0.15, 0.2) is 32.3 Å². The van der Waals surface area contributed by atoms with Gasteiger partial charge in [0, 0.05) is 17.6 Å². The van der Waals surface area contributed by atoms with Gasteiger partial charge in [-0.1, -0.05) is 0 Å². The van der Waals surface area contributed by atoms with Crippen LogP contribution in [0.4, 0.5) is 13.2 Å². The standard InChI is InChI=1S/C19H19BrF3N3O7/c1-19(2,17(29)32-5-4-31-3)33-16(28)9-6-12(11(21)7-10(9)20)25-14(27)8-13(15(22)23)26(24)18(25)30/h6-8,15H,4-5,24H2,1-3H3. The molecule has 0 saturated carbocycles. The van der Waals surface area contributed by atoms with Crippen LogP contribution in [0.25, 0.3) is 5.69 Å². The first-order valence-electron chi connectivity index (χ1n) is 9.13. The number of methoxy groups -OCH3 is 1. The van der Waals surface area contributed by atoms with E-state index in [4.69, 9.17) is 20.1 Å². The lowest BCUT2D eigenvalue weighted by atomic mass is 10.1. The zero-order valence-corrected chi connectivity index (χ0v) is 19.2. The largest absolute Gasteiger partial charge is 0.460 e. The Morgan fingerprint density at radius 3 is 2.39 bits per heavy atom. The Morgan fingerprint density at radius 1 is 1.18 bits per heavy atom. The minimum absolute atomic E-state index is 0.00925. The van der Waals surface area contributed by atoms with Crippen molar-refractivity contribution in [3.63, 3.8) is 0 Å². The molecule has 14 heteroatoms. The number of nitrogens with zero attached hydrogens (tertiary/aromatic N) is 2. The van der Waals surface area contributed by atoms with E-state index < -0.39 is 52.4 Å². The first-order valence-corrected chi connectivity index (χ1v) is 9.92. The Morgan fingerprint density at radius 2 is 1.82 bits per heavy atom. The number of carbonyl (C=O) groups excluding carboxylic acids is 2. The maximum absolute atomic E-state index is 14.6. The molecule has 0 bridgehead atoms. The van der Waals surface area contributed by atoms with Crippen molar-refractivity contribution in [2.75, 3.05) is 26.2 Å². The van der Waals surface area contributed by atoms with E-state index in [0.717, 1.165) is 12.1 Å². The summed E-state index contributed by atoms with van der Waals surface area (Å²) in [6.45, 7) is 2.52. The molecule has 0 unspecified atom stereocenters. The third-order valence-electron chi connectivity index (χ3n) is 4.25. The molecular weight excluding hydrogens is 519 g/mol. The number of ether oxygens (including phenoxy) is 3. The Kier molecular flexibility index (Phi) is 8.08. The van der Waals surface area contributed by atoms with Gasteiger partial charge in [0.05, 0.1) is 17.9 Å². The van der Waals surface area contributed by atoms with Crippen LogP contribution in [0.3, 0.4) is 0 Å². The van der Waals surface area contributed by atoms with Crippen molar-refractivity contribution in [3.8, 4) is 5.69 Å². The number of halogens is 4. The van der Waals surface area contributed by atoms with Crippen LogP contribution in [-0.4, -0.2) is 47.1 Å². The molecule has 0 spiro atoms. The molecule has 1 heterocycles. The van der Waals surface area contributed by atoms with E-state index in [9.17, 15) is 32.3 Å². The van der Waals surface area contributed by atoms with E-state index in [1.54, 1.807) is 0 Å². The number of carbonyl (C=O) groups is 2. The summed E-state index contributed by atoms with van der Waals surface area (Å²) in [5.41, 5.74) is -6.75. The molecule has 0 aliphatic rings. The zero-order valence-electron chi connectivity index (χ0n) is 17.6. The molecule has 33 heavy (non-hydrogen) atoms. The van der Waals surface area contributed by atoms with Gasteiger partial charge in [0.2, 0.25) is 5.60 Å². The van der Waals surface area contributed by atoms with E-state index in [-0.39, 0.29) is 32.5 Å². The maximum atomic E-state index is 14.6. The molecular formula is C19H19BrF3N3O7. The van der Waals surface area contributed by atoms with E-state index in [1.807, 2.05) is 0 Å². The van der Waals surface area contributed by atoms with Crippen LogP contribution in [-0.2, 0) is 19.0 Å². The lowest BCUT2D eigenvalue weighted by Gasteiger charge is -2.23. The second-order valence-electron chi connectivity index (χ2n) is 7.01. The molecule has 180 valence electrons. The van der Waals surface area contributed by atoms with Gasteiger partial charge in [-0.15, -0.1) is 0 Å². The van der Waals surface area contributed by atoms with Crippen LogP contribution in [0.5, 0.6) is 0 Å². The van der Waals surface area contributed by atoms with E-state index in [0.29, 0.717) is 6.07 Å². The van der Waals surface area contributed by atoms with Crippen LogP contribution in [0.2, 0.25) is 0 Å². The summed E-state index contributed by atoms with van der Waals surface area (Å²) in [5.74, 6) is 2.13. The number of hydrogen-bond donors (Lipinski definition) is 1. The first kappa shape index (κ1) is 26.1. The summed E-state index contributed by atoms with van der Waals surface area (Å²) >= 11 is 2.96. The van der Waals surface area contributed by atoms with Crippen LogP contribution in [0, 0.1) is 5.82 Å². The molecule has 1 aromatic carbocycles. The van der Waals surface area contributed by atoms with Gasteiger partial charge >= 0.3 is 17.6 Å². The van der Waals surface area contributed by atoms with Gasteiger partial charge in [-0.2, -0.15) is 0 Å². The average molecular weight is 538 g/mol. The quantitative estimate of drug-likeness (QED) is 0.305. The lowest BCUT2D eigenvalue weighted by Crippen LogP contribution is -2.44. The number of hydrogen-bond acceptors (Lipinski definition) is 8. The second kappa shape index (κ2) is 10.2. The summed E-state index contributed by atoms with van der Waals surface area (Å²) in [5, 5.41) is 0. The van der Waals surface area contributed by atoms with Gasteiger partial charge < -0.3 is 20.1 Å². The van der Waals surface area contributed by atoms with Gasteiger partial charge in [0.1, 0.15) is 18.1 Å². The molecule has 2 N–H and O–H groups in total. The molecule has 0 amide bonds. The predicted octanol–water partition coefficient (Wildman–Crippen LogP) is 1.68. The Bertz CT molecular complexity index is 1190. The molecule has 0 aliphatic carbocycles. The van der Waals surface area contributed by atoms with Crippen LogP contribution in [0.1, 0.15) is 36.3 Å². The zero-order chi connectivity index (χ0) is 25.1. The van der Waals surface area contributed by atoms with Gasteiger partial charge in [0.25, 0.3) is 12.0 Å². The Hall–Kier alpha value is -3.13. The van der Waals surface area contributed by atoms with Crippen molar-refractivity contribution in [3.05, 3.63) is 60.6 Å². The first-order chi connectivity index (χ1) is 15.3. The Balaban J connectivity index is 2.49. The number of esters is 2. The SMILES string of the molecule is COCCOC(=O)C(C)(C)OC(=O)c1cc(-n2c(=O)cc(C(F)F)n(N)c2=O)c(F)cc1Br. The van der Waals surface area contributed by atoms with Gasteiger partial charge in [-0.3, -0.25) is 4.79 Å². The highest BCUT2D eigenvalue weighted by Gasteiger charge is 2.35. The number of benzene rings is 1. The molecule has 1 aromatic heterocycles. The molecule has 0 aliphatic heterocycles. The minimum Gasteiger partial charge on any atom is -0.460 e. The summed E-state index contributed by atoms with van der Waals surface area (Å²) in [6, 6.07) is 1.90. The number of rotatable bonds is 8. The third-order valence-corrected chi connectivity index (χ3v) is 4.90. The fraction of sp³-hybridized carbons (Fsp3) is 0.368. The van der Waals surface area contributed by atoms with Crippen molar-refractivity contribution < 1.29 is 37.0 Å². The van der Waals surface area contributed by atoms with Gasteiger partial charge in [0.15, 0.2) is 0 Å². The molecule has 2 rings (SSSR count). The third kappa shape index (κ3) is 5.63. The fourth-order valence-electron chi connectivity index (χ4n) is 2.55. The van der Waals surface area contributed by atoms with Gasteiger partial charge in [-0.25, -0.2) is 36.8 Å². The average Bonchev–Trinajstić information content (AvgIpc) is 2.71. The summed E-state index contributed by atoms with van der Waals surface area (Å²) in [6.07, 6.45) is -3.24. The molecule has 2 aromatic rings. The summed E-state index contributed by atoms with van der Waals surface area (Å²) in [4.78, 5) is 49.5. The number of nitrogen functional groups attached to an aromatic ring is 1. The van der Waals surface area contributed by atoms with Crippen molar-refractivity contribution >= 4 is 27.9 Å². The van der Waals surface area contributed by atoms with Crippen molar-refractivity contribution in [1.82, 2.24) is 9.24 Å². The van der Waals surface area contributed by atoms with Crippen LogP contribution >= 0.6 is 15.9 Å². The smallest absolute Gasteiger partial charge is 0.354 e. The Labute approximate surface area is 192 Å². The van der Waals surface area contributed by atoms with E-state index in [1.165, 1.54) is 21.0 Å². The van der Waals surface area contributed by atoms with E-state index in [2.05, 4.69) is 15.9 Å². The molecule has 0 saturated heterocycles. The molecule has 0 radical (unpaired) electrons. The highest BCUT2D eigenvalue weighted by Crippen LogP contribution is 2.26.